The molecule has 1 saturated heterocycles. The molecule has 0 saturated carbocycles. The Morgan fingerprint density at radius 2 is 1.88 bits per heavy atom. The maximum absolute atomic E-state index is 12.8. The summed E-state index contributed by atoms with van der Waals surface area (Å²) in [6.45, 7) is 1.66. The molecule has 1 aliphatic rings. The van der Waals surface area contributed by atoms with Gasteiger partial charge in [0.15, 0.2) is 0 Å². The molecule has 0 radical (unpaired) electrons. The molecule has 5 rings (SSSR count). The highest BCUT2D eigenvalue weighted by Crippen LogP contribution is 2.27. The fourth-order valence-electron chi connectivity index (χ4n) is 4.12. The van der Waals surface area contributed by atoms with E-state index in [4.69, 9.17) is 9.52 Å². The first-order valence-electron chi connectivity index (χ1n) is 10.8. The van der Waals surface area contributed by atoms with Gasteiger partial charge >= 0.3 is 0 Å². The van der Waals surface area contributed by atoms with Crippen LogP contribution in [0.15, 0.2) is 71.6 Å². The van der Waals surface area contributed by atoms with Crippen molar-refractivity contribution in [2.24, 2.45) is 0 Å². The van der Waals surface area contributed by atoms with Crippen LogP contribution < -0.4 is 10.2 Å². The first-order chi connectivity index (χ1) is 15.7. The van der Waals surface area contributed by atoms with E-state index in [-0.39, 0.29) is 18.6 Å². The highest BCUT2D eigenvalue weighted by atomic mass is 16.3. The monoisotopic (exact) mass is 428 g/mol. The number of aliphatic hydroxyl groups is 1. The highest BCUT2D eigenvalue weighted by Gasteiger charge is 2.22. The van der Waals surface area contributed by atoms with Crippen molar-refractivity contribution in [1.29, 1.82) is 0 Å². The summed E-state index contributed by atoms with van der Waals surface area (Å²) in [5.41, 5.74) is 4.02. The first-order valence-corrected chi connectivity index (χ1v) is 10.8. The Morgan fingerprint density at radius 1 is 1.06 bits per heavy atom. The van der Waals surface area contributed by atoms with Gasteiger partial charge < -0.3 is 19.7 Å². The number of amides is 1. The lowest BCUT2D eigenvalue weighted by Gasteiger charge is -2.33. The van der Waals surface area contributed by atoms with E-state index in [0.29, 0.717) is 5.56 Å². The fourth-order valence-corrected chi connectivity index (χ4v) is 4.12. The van der Waals surface area contributed by atoms with Crippen LogP contribution in [0.2, 0.25) is 0 Å². The van der Waals surface area contributed by atoms with Crippen LogP contribution in [0.1, 0.15) is 28.8 Å². The topological polar surface area (TPSA) is 91.5 Å². The molecule has 7 heteroatoms. The number of benzene rings is 1. The van der Waals surface area contributed by atoms with Crippen LogP contribution in [0, 0.1) is 0 Å². The van der Waals surface area contributed by atoms with Gasteiger partial charge in [-0.15, -0.1) is 0 Å². The number of carbonyl (C=O) groups is 1. The normalized spacial score (nSPS) is 14.6. The van der Waals surface area contributed by atoms with Crippen molar-refractivity contribution in [2.45, 2.75) is 25.5 Å². The molecule has 2 N–H and O–H groups in total. The molecule has 1 fully saturated rings. The number of aromatic nitrogens is 2. The summed E-state index contributed by atoms with van der Waals surface area (Å²) in [7, 11) is 0. The first kappa shape index (κ1) is 20.2. The number of rotatable bonds is 5. The molecule has 7 nitrogen and oxygen atoms in total. The van der Waals surface area contributed by atoms with Gasteiger partial charge in [0.05, 0.1) is 18.6 Å². The van der Waals surface area contributed by atoms with Crippen molar-refractivity contribution in [1.82, 2.24) is 15.3 Å². The van der Waals surface area contributed by atoms with E-state index in [9.17, 15) is 4.79 Å². The van der Waals surface area contributed by atoms with Crippen molar-refractivity contribution in [3.8, 4) is 11.3 Å². The number of furan rings is 1. The predicted molar refractivity (Wildman–Crippen MR) is 122 cm³/mol. The van der Waals surface area contributed by atoms with Gasteiger partial charge in [0.25, 0.3) is 5.91 Å². The second-order valence-corrected chi connectivity index (χ2v) is 7.99. The molecular formula is C25H24N4O3. The van der Waals surface area contributed by atoms with E-state index in [1.807, 2.05) is 48.5 Å². The van der Waals surface area contributed by atoms with Gasteiger partial charge in [-0.05, 0) is 48.7 Å². The van der Waals surface area contributed by atoms with Crippen molar-refractivity contribution >= 4 is 22.7 Å². The average molecular weight is 428 g/mol. The summed E-state index contributed by atoms with van der Waals surface area (Å²) in [4.78, 5) is 23.9. The van der Waals surface area contributed by atoms with Gasteiger partial charge in [-0.1, -0.05) is 18.2 Å². The van der Waals surface area contributed by atoms with Gasteiger partial charge in [0.2, 0.25) is 0 Å². The minimum atomic E-state index is -0.0603. The van der Waals surface area contributed by atoms with Crippen LogP contribution in [0.25, 0.3) is 22.2 Å². The summed E-state index contributed by atoms with van der Waals surface area (Å²) in [6, 6.07) is 15.2. The molecule has 4 heterocycles. The average Bonchev–Trinajstić information content (AvgIpc) is 3.34. The zero-order chi connectivity index (χ0) is 21.9. The van der Waals surface area contributed by atoms with E-state index in [1.165, 1.54) is 0 Å². The molecule has 0 spiro atoms. The zero-order valence-corrected chi connectivity index (χ0v) is 17.6. The van der Waals surface area contributed by atoms with E-state index in [0.717, 1.165) is 59.5 Å². The number of nitrogens with one attached hydrogen (secondary N) is 1. The number of hydrogen-bond donors (Lipinski definition) is 2. The molecule has 1 aromatic carbocycles. The highest BCUT2D eigenvalue weighted by molar-refractivity contribution is 5.96. The van der Waals surface area contributed by atoms with Crippen LogP contribution in [0.5, 0.6) is 0 Å². The smallest absolute Gasteiger partial charge is 0.251 e. The van der Waals surface area contributed by atoms with Gasteiger partial charge in [-0.3, -0.25) is 9.78 Å². The number of hydrogen-bond acceptors (Lipinski definition) is 6. The van der Waals surface area contributed by atoms with E-state index in [1.54, 1.807) is 18.7 Å². The third-order valence-corrected chi connectivity index (χ3v) is 5.95. The van der Waals surface area contributed by atoms with Crippen LogP contribution >= 0.6 is 0 Å². The molecule has 0 atom stereocenters. The third-order valence-electron chi connectivity index (χ3n) is 5.95. The number of fused-ring (bicyclic) bond motifs is 1. The number of pyridine rings is 2. The molecule has 0 unspecified atom stereocenters. The maximum atomic E-state index is 12.8. The van der Waals surface area contributed by atoms with Gasteiger partial charge in [0.1, 0.15) is 11.4 Å². The summed E-state index contributed by atoms with van der Waals surface area (Å²) < 4.78 is 5.45. The van der Waals surface area contributed by atoms with Gasteiger partial charge in [-0.25, -0.2) is 4.98 Å². The maximum Gasteiger partial charge on any atom is 0.251 e. The Bertz CT molecular complexity index is 1210. The molecule has 4 aromatic rings. The molecule has 1 amide bonds. The van der Waals surface area contributed by atoms with Gasteiger partial charge in [0, 0.05) is 48.0 Å². The lowest BCUT2D eigenvalue weighted by molar-refractivity contribution is 0.0931. The number of carbonyl (C=O) groups excluding carboxylic acids is 1. The number of aliphatic hydroxyl groups excluding tert-OH is 1. The number of anilines is 1. The summed E-state index contributed by atoms with van der Waals surface area (Å²) in [5.74, 6) is 0.846. The summed E-state index contributed by atoms with van der Waals surface area (Å²) >= 11 is 0. The van der Waals surface area contributed by atoms with Crippen molar-refractivity contribution < 1.29 is 14.3 Å². The molecular weight excluding hydrogens is 404 g/mol. The van der Waals surface area contributed by atoms with Crippen LogP contribution in [0.4, 0.5) is 5.82 Å². The van der Waals surface area contributed by atoms with Crippen molar-refractivity contribution in [3.05, 3.63) is 78.3 Å². The molecule has 32 heavy (non-hydrogen) atoms. The third kappa shape index (κ3) is 4.07. The van der Waals surface area contributed by atoms with Gasteiger partial charge in [-0.2, -0.15) is 0 Å². The molecule has 1 aliphatic heterocycles. The van der Waals surface area contributed by atoms with Crippen LogP contribution in [0.3, 0.4) is 0 Å². The largest absolute Gasteiger partial charge is 0.464 e. The molecule has 162 valence electrons. The fraction of sp³-hybridized carbons (Fsp3) is 0.240. The number of piperidine rings is 1. The zero-order valence-electron chi connectivity index (χ0n) is 17.6. The molecule has 3 aromatic heterocycles. The number of nitrogens with zero attached hydrogens (tertiary/aromatic N) is 3. The SMILES string of the molecule is O=C(NC1CCN(c2ccc(CO)cn2)CC1)c1ccc(-c2nccc3occc23)cc1. The minimum Gasteiger partial charge on any atom is -0.464 e. The molecule has 0 bridgehead atoms. The standard InChI is InChI=1S/C25H24N4O3/c30-16-17-1-6-23(27-15-17)29-12-8-20(9-13-29)28-25(31)19-4-2-18(3-5-19)24-21-10-14-32-22(21)7-11-26-24/h1-7,10-11,14-15,20,30H,8-9,12-13,16H2,(H,28,31). The second kappa shape index (κ2) is 8.80. The Balaban J connectivity index is 1.20. The van der Waals surface area contributed by atoms with E-state index < -0.39 is 0 Å². The van der Waals surface area contributed by atoms with Crippen LogP contribution in [-0.4, -0.2) is 40.1 Å². The van der Waals surface area contributed by atoms with E-state index in [2.05, 4.69) is 20.2 Å². The molecule has 0 aliphatic carbocycles. The second-order valence-electron chi connectivity index (χ2n) is 7.99. The lowest BCUT2D eigenvalue weighted by atomic mass is 10.0. The minimum absolute atomic E-state index is 0.00209. The Kier molecular flexibility index (Phi) is 5.56. The Labute approximate surface area is 185 Å². The summed E-state index contributed by atoms with van der Waals surface area (Å²) in [5, 5.41) is 13.3. The van der Waals surface area contributed by atoms with E-state index >= 15 is 0 Å². The van der Waals surface area contributed by atoms with Crippen LogP contribution in [-0.2, 0) is 6.61 Å². The Hall–Kier alpha value is -3.71. The van der Waals surface area contributed by atoms with Crippen molar-refractivity contribution in [3.63, 3.8) is 0 Å². The van der Waals surface area contributed by atoms with Crippen molar-refractivity contribution in [2.75, 3.05) is 18.0 Å². The summed E-state index contributed by atoms with van der Waals surface area (Å²) in [6.07, 6.45) is 6.81. The quantitative estimate of drug-likeness (QED) is 0.503. The predicted octanol–water partition coefficient (Wildman–Crippen LogP) is 3.78. The lowest BCUT2D eigenvalue weighted by Crippen LogP contribution is -2.45. The Morgan fingerprint density at radius 3 is 2.59 bits per heavy atom.